The van der Waals surface area contributed by atoms with E-state index in [0.717, 1.165) is 21.6 Å². The quantitative estimate of drug-likeness (QED) is 0.484. The number of nitrogens with zero attached hydrogens (tertiary/aromatic N) is 2. The van der Waals surface area contributed by atoms with Crippen molar-refractivity contribution in [2.45, 2.75) is 20.0 Å². The molecular weight excluding hydrogens is 354 g/mol. The van der Waals surface area contributed by atoms with Crippen LogP contribution in [0.4, 0.5) is 10.8 Å². The zero-order valence-corrected chi connectivity index (χ0v) is 15.2. The largest absolute Gasteiger partial charge is 0.490 e. The van der Waals surface area contributed by atoms with Gasteiger partial charge in [0.05, 0.1) is 15.1 Å². The van der Waals surface area contributed by atoms with Crippen molar-refractivity contribution in [3.8, 4) is 5.75 Å². The third-order valence-electron chi connectivity index (χ3n) is 3.90. The number of aryl methyl sites for hydroxylation is 2. The van der Waals surface area contributed by atoms with Crippen molar-refractivity contribution in [3.05, 3.63) is 57.6 Å². The van der Waals surface area contributed by atoms with Gasteiger partial charge in [0.25, 0.3) is 5.69 Å². The summed E-state index contributed by atoms with van der Waals surface area (Å²) in [5, 5.41) is 24.6. The van der Waals surface area contributed by atoms with E-state index in [1.165, 1.54) is 23.5 Å². The van der Waals surface area contributed by atoms with Gasteiger partial charge < -0.3 is 15.2 Å². The molecule has 26 heavy (non-hydrogen) atoms. The fourth-order valence-corrected chi connectivity index (χ4v) is 3.48. The molecule has 2 aromatic carbocycles. The number of non-ortho nitro benzene ring substituents is 1. The first-order valence-electron chi connectivity index (χ1n) is 8.10. The summed E-state index contributed by atoms with van der Waals surface area (Å²) in [6, 6.07) is 10.4. The van der Waals surface area contributed by atoms with Gasteiger partial charge in [-0.25, -0.2) is 4.98 Å². The number of nitro groups is 1. The van der Waals surface area contributed by atoms with Crippen LogP contribution in [-0.2, 0) is 0 Å². The van der Waals surface area contributed by atoms with Gasteiger partial charge in [0.2, 0.25) is 0 Å². The van der Waals surface area contributed by atoms with Gasteiger partial charge in [0, 0.05) is 18.7 Å². The maximum absolute atomic E-state index is 10.8. The average Bonchev–Trinajstić information content (AvgIpc) is 3.01. The van der Waals surface area contributed by atoms with Crippen LogP contribution in [0.3, 0.4) is 0 Å². The maximum atomic E-state index is 10.8. The molecule has 8 heteroatoms. The Balaban J connectivity index is 1.58. The van der Waals surface area contributed by atoms with E-state index in [9.17, 15) is 15.2 Å². The monoisotopic (exact) mass is 373 g/mol. The number of thiazole rings is 1. The maximum Gasteiger partial charge on any atom is 0.270 e. The Morgan fingerprint density at radius 2 is 2.04 bits per heavy atom. The van der Waals surface area contributed by atoms with Crippen molar-refractivity contribution in [2.24, 2.45) is 0 Å². The summed E-state index contributed by atoms with van der Waals surface area (Å²) in [5.74, 6) is 0.791. The molecule has 2 N–H and O–H groups in total. The van der Waals surface area contributed by atoms with Gasteiger partial charge in [-0.3, -0.25) is 10.1 Å². The van der Waals surface area contributed by atoms with Crippen LogP contribution in [0, 0.1) is 24.0 Å². The van der Waals surface area contributed by atoms with E-state index in [4.69, 9.17) is 4.74 Å². The fourth-order valence-electron chi connectivity index (χ4n) is 2.57. The van der Waals surface area contributed by atoms with Crippen LogP contribution < -0.4 is 10.1 Å². The molecule has 1 unspecified atom stereocenters. The number of nitrogens with one attached hydrogen (secondary N) is 1. The highest BCUT2D eigenvalue weighted by Gasteiger charge is 2.12. The molecule has 3 aromatic rings. The highest BCUT2D eigenvalue weighted by molar-refractivity contribution is 7.22. The first-order valence-corrected chi connectivity index (χ1v) is 8.91. The van der Waals surface area contributed by atoms with E-state index in [1.807, 2.05) is 32.0 Å². The summed E-state index contributed by atoms with van der Waals surface area (Å²) >= 11 is 1.31. The first kappa shape index (κ1) is 18.1. The number of benzene rings is 2. The van der Waals surface area contributed by atoms with E-state index >= 15 is 0 Å². The Kier molecular flexibility index (Phi) is 5.34. The van der Waals surface area contributed by atoms with Gasteiger partial charge in [-0.2, -0.15) is 0 Å². The minimum Gasteiger partial charge on any atom is -0.490 e. The number of nitro benzene ring substituents is 1. The number of hydrogen-bond acceptors (Lipinski definition) is 7. The van der Waals surface area contributed by atoms with Crippen molar-refractivity contribution in [3.63, 3.8) is 0 Å². The second kappa shape index (κ2) is 7.67. The topological polar surface area (TPSA) is 97.5 Å². The van der Waals surface area contributed by atoms with Crippen LogP contribution in [0.25, 0.3) is 10.2 Å². The van der Waals surface area contributed by atoms with Gasteiger partial charge in [-0.05, 0) is 31.0 Å². The molecule has 0 saturated heterocycles. The van der Waals surface area contributed by atoms with E-state index in [0.29, 0.717) is 10.6 Å². The summed E-state index contributed by atoms with van der Waals surface area (Å²) in [6.45, 7) is 4.36. The summed E-state index contributed by atoms with van der Waals surface area (Å²) in [6.07, 6.45) is -0.713. The molecule has 136 valence electrons. The molecule has 0 aliphatic carbocycles. The number of anilines is 1. The van der Waals surface area contributed by atoms with Gasteiger partial charge in [0.15, 0.2) is 5.13 Å². The van der Waals surface area contributed by atoms with Crippen molar-refractivity contribution in [2.75, 3.05) is 18.5 Å². The Bertz CT molecular complexity index is 921. The van der Waals surface area contributed by atoms with E-state index in [1.54, 1.807) is 6.07 Å². The van der Waals surface area contributed by atoms with E-state index in [2.05, 4.69) is 10.3 Å². The molecule has 1 atom stereocenters. The smallest absolute Gasteiger partial charge is 0.270 e. The Morgan fingerprint density at radius 3 is 2.73 bits per heavy atom. The van der Waals surface area contributed by atoms with Crippen molar-refractivity contribution in [1.29, 1.82) is 0 Å². The highest BCUT2D eigenvalue weighted by Crippen LogP contribution is 2.29. The summed E-state index contributed by atoms with van der Waals surface area (Å²) in [7, 11) is 0. The Morgan fingerprint density at radius 1 is 1.31 bits per heavy atom. The molecule has 1 aromatic heterocycles. The Hall–Kier alpha value is -2.71. The predicted octanol–water partition coefficient (Wildman–Crippen LogP) is 3.67. The summed E-state index contributed by atoms with van der Waals surface area (Å²) in [5.41, 5.74) is 2.77. The lowest BCUT2D eigenvalue weighted by Gasteiger charge is -2.15. The van der Waals surface area contributed by atoms with Crippen LogP contribution in [0.1, 0.15) is 11.1 Å². The summed E-state index contributed by atoms with van der Waals surface area (Å²) in [4.78, 5) is 14.8. The second-order valence-corrected chi connectivity index (χ2v) is 7.03. The van der Waals surface area contributed by atoms with Crippen LogP contribution in [0.15, 0.2) is 36.4 Å². The third kappa shape index (κ3) is 4.09. The predicted molar refractivity (Wildman–Crippen MR) is 102 cm³/mol. The van der Waals surface area contributed by atoms with Crippen LogP contribution in [0.5, 0.6) is 5.75 Å². The number of aromatic nitrogens is 1. The van der Waals surface area contributed by atoms with Crippen molar-refractivity contribution in [1.82, 2.24) is 4.98 Å². The molecular formula is C18H19N3O4S. The van der Waals surface area contributed by atoms with Gasteiger partial charge in [0.1, 0.15) is 18.5 Å². The van der Waals surface area contributed by atoms with E-state index < -0.39 is 11.0 Å². The summed E-state index contributed by atoms with van der Waals surface area (Å²) < 4.78 is 6.46. The lowest BCUT2D eigenvalue weighted by Crippen LogP contribution is -2.26. The molecule has 0 saturated carbocycles. The lowest BCUT2D eigenvalue weighted by atomic mass is 10.1. The third-order valence-corrected chi connectivity index (χ3v) is 4.88. The number of fused-ring (bicyclic) bond motifs is 1. The average molecular weight is 373 g/mol. The molecule has 0 bridgehead atoms. The molecule has 0 fully saturated rings. The van der Waals surface area contributed by atoms with Crippen molar-refractivity contribution < 1.29 is 14.8 Å². The number of hydrogen-bond donors (Lipinski definition) is 2. The molecule has 0 radical (unpaired) electrons. The molecule has 0 spiro atoms. The van der Waals surface area contributed by atoms with Crippen LogP contribution in [0.2, 0.25) is 0 Å². The molecule has 3 rings (SSSR count). The van der Waals surface area contributed by atoms with Gasteiger partial charge >= 0.3 is 0 Å². The molecule has 7 nitrogen and oxygen atoms in total. The Labute approximate surface area is 154 Å². The minimum atomic E-state index is -0.713. The first-order chi connectivity index (χ1) is 12.4. The number of rotatable bonds is 7. The zero-order valence-electron chi connectivity index (χ0n) is 14.4. The van der Waals surface area contributed by atoms with Crippen LogP contribution in [-0.4, -0.2) is 34.3 Å². The lowest BCUT2D eigenvalue weighted by molar-refractivity contribution is -0.384. The number of aliphatic hydroxyl groups is 1. The number of para-hydroxylation sites is 1. The van der Waals surface area contributed by atoms with Gasteiger partial charge in [-0.1, -0.05) is 29.5 Å². The second-order valence-electron chi connectivity index (χ2n) is 5.99. The molecule has 1 heterocycles. The van der Waals surface area contributed by atoms with Crippen molar-refractivity contribution >= 4 is 32.4 Å². The zero-order chi connectivity index (χ0) is 18.7. The minimum absolute atomic E-state index is 0.0368. The molecule has 0 aliphatic heterocycles. The van der Waals surface area contributed by atoms with Crippen LogP contribution >= 0.6 is 11.3 Å². The molecule has 0 amide bonds. The number of aliphatic hydroxyl groups excluding tert-OH is 1. The molecule has 0 aliphatic rings. The fraction of sp³-hybridized carbons (Fsp3) is 0.278. The SMILES string of the molecule is Cc1cccc(C)c1OCC(O)CNc1nc2ccc([N+](=O)[O-])cc2s1. The van der Waals surface area contributed by atoms with E-state index in [-0.39, 0.29) is 18.8 Å². The van der Waals surface area contributed by atoms with Gasteiger partial charge in [-0.15, -0.1) is 0 Å². The highest BCUT2D eigenvalue weighted by atomic mass is 32.1. The normalized spacial score (nSPS) is 12.1. The number of ether oxygens (including phenoxy) is 1. The standard InChI is InChI=1S/C18H19N3O4S/c1-11-4-3-5-12(2)17(11)25-10-14(22)9-19-18-20-15-7-6-13(21(23)24)8-16(15)26-18/h3-8,14,22H,9-10H2,1-2H3,(H,19,20).